The van der Waals surface area contributed by atoms with Crippen molar-refractivity contribution >= 4 is 27.5 Å². The van der Waals surface area contributed by atoms with Gasteiger partial charge in [-0.15, -0.1) is 5.10 Å². The van der Waals surface area contributed by atoms with E-state index in [4.69, 9.17) is 11.6 Å². The summed E-state index contributed by atoms with van der Waals surface area (Å²) in [5.41, 5.74) is -0.529. The van der Waals surface area contributed by atoms with Gasteiger partial charge in [0.05, 0.1) is 16.4 Å². The Balaban J connectivity index is 1.91. The molecule has 0 aliphatic rings. The first-order valence-corrected chi connectivity index (χ1v) is 10.2. The van der Waals surface area contributed by atoms with Gasteiger partial charge in [0, 0.05) is 18.2 Å². The normalized spacial score (nSPS) is 11.6. The number of aromatic nitrogens is 3. The molecule has 170 valence electrons. The van der Waals surface area contributed by atoms with E-state index in [2.05, 4.69) is 15.0 Å². The van der Waals surface area contributed by atoms with E-state index in [1.54, 1.807) is 0 Å². The van der Waals surface area contributed by atoms with Crippen LogP contribution >= 0.6 is 11.6 Å². The van der Waals surface area contributed by atoms with Crippen LogP contribution in [-0.4, -0.2) is 35.9 Å². The summed E-state index contributed by atoms with van der Waals surface area (Å²) < 4.78 is 96.4. The first-order valence-electron chi connectivity index (χ1n) is 8.29. The number of hydrogen-bond donors (Lipinski definition) is 1. The Morgan fingerprint density at radius 1 is 1.16 bits per heavy atom. The minimum atomic E-state index is -5.09. The summed E-state index contributed by atoms with van der Waals surface area (Å²) in [5.74, 6) is -6.50. The van der Waals surface area contributed by atoms with Gasteiger partial charge in [-0.05, 0) is 19.1 Å². The maximum atomic E-state index is 13.8. The number of carbonyl (C=O) groups excluding carboxylic acids is 1. The average Bonchev–Trinajstić information content (AvgIpc) is 3.01. The fourth-order valence-electron chi connectivity index (χ4n) is 2.61. The molecule has 0 atom stereocenters. The van der Waals surface area contributed by atoms with E-state index in [1.165, 1.54) is 17.7 Å². The monoisotopic (exact) mass is 496 g/mol. The van der Waals surface area contributed by atoms with E-state index in [9.17, 15) is 35.2 Å². The molecular formula is C17H10ClF5N4O4S. The number of carbonyl (C=O) groups is 1. The molecule has 1 N–H and O–H groups in total. The highest BCUT2D eigenvalue weighted by atomic mass is 35.5. The SMILES string of the molecule is Cc1c(C(=O)NS(=O)(=O)c2c(F)cc(F)cc2F)nnn1-c1ccc(OC(F)F)cc1Cl. The standard InChI is InChI=1S/C17H10ClF5N4O4S/c1-7-14(16(28)25-32(29,30)15-11(20)4-8(19)5-12(15)21)24-26-27(7)13-3-2-9(6-10(13)18)31-17(22)23/h2-6,17H,1H3,(H,25,28). The summed E-state index contributed by atoms with van der Waals surface area (Å²) in [6.45, 7) is -1.79. The quantitative estimate of drug-likeness (QED) is 0.525. The Labute approximate surface area is 181 Å². The van der Waals surface area contributed by atoms with Crippen molar-refractivity contribution in [2.45, 2.75) is 18.4 Å². The van der Waals surface area contributed by atoms with Gasteiger partial charge in [0.15, 0.2) is 10.6 Å². The predicted molar refractivity (Wildman–Crippen MR) is 98.7 cm³/mol. The Bertz CT molecular complexity index is 1290. The molecule has 3 rings (SSSR count). The molecule has 0 aliphatic heterocycles. The van der Waals surface area contributed by atoms with Gasteiger partial charge in [-0.2, -0.15) is 8.78 Å². The van der Waals surface area contributed by atoms with Gasteiger partial charge in [-0.1, -0.05) is 16.8 Å². The molecule has 3 aromatic rings. The number of nitrogens with zero attached hydrogens (tertiary/aromatic N) is 3. The lowest BCUT2D eigenvalue weighted by Gasteiger charge is -2.10. The number of halogens is 6. The average molecular weight is 497 g/mol. The highest BCUT2D eigenvalue weighted by molar-refractivity contribution is 7.90. The molecule has 1 amide bonds. The number of nitrogens with one attached hydrogen (secondary N) is 1. The van der Waals surface area contributed by atoms with Gasteiger partial charge in [-0.25, -0.2) is 31.0 Å². The van der Waals surface area contributed by atoms with Gasteiger partial charge in [0.2, 0.25) is 0 Å². The van der Waals surface area contributed by atoms with Gasteiger partial charge in [0.25, 0.3) is 15.9 Å². The number of benzene rings is 2. The van der Waals surface area contributed by atoms with Crippen molar-refractivity contribution in [1.82, 2.24) is 19.7 Å². The molecule has 2 aromatic carbocycles. The zero-order valence-electron chi connectivity index (χ0n) is 15.6. The van der Waals surface area contributed by atoms with Crippen LogP contribution in [0.15, 0.2) is 35.2 Å². The highest BCUT2D eigenvalue weighted by Gasteiger charge is 2.29. The van der Waals surface area contributed by atoms with Crippen molar-refractivity contribution in [2.75, 3.05) is 0 Å². The lowest BCUT2D eigenvalue weighted by molar-refractivity contribution is -0.0498. The van der Waals surface area contributed by atoms with Crippen LogP contribution in [0.1, 0.15) is 16.2 Å². The van der Waals surface area contributed by atoms with Crippen LogP contribution in [0.2, 0.25) is 5.02 Å². The van der Waals surface area contributed by atoms with E-state index in [0.29, 0.717) is 0 Å². The molecule has 0 radical (unpaired) electrons. The van der Waals surface area contributed by atoms with Crippen LogP contribution in [0, 0.1) is 24.4 Å². The molecule has 0 saturated carbocycles. The van der Waals surface area contributed by atoms with Crippen LogP contribution in [0.25, 0.3) is 5.69 Å². The Morgan fingerprint density at radius 3 is 2.34 bits per heavy atom. The molecule has 8 nitrogen and oxygen atoms in total. The molecule has 0 fully saturated rings. The summed E-state index contributed by atoms with van der Waals surface area (Å²) in [6.07, 6.45) is 0. The second-order valence-corrected chi connectivity index (χ2v) is 8.09. The van der Waals surface area contributed by atoms with Gasteiger partial charge in [-0.3, -0.25) is 4.79 Å². The van der Waals surface area contributed by atoms with Crippen LogP contribution in [0.3, 0.4) is 0 Å². The van der Waals surface area contributed by atoms with Crippen LogP contribution < -0.4 is 9.46 Å². The largest absolute Gasteiger partial charge is 0.435 e. The second kappa shape index (κ2) is 8.70. The summed E-state index contributed by atoms with van der Waals surface area (Å²) >= 11 is 6.02. The van der Waals surface area contributed by atoms with E-state index in [0.717, 1.165) is 16.8 Å². The van der Waals surface area contributed by atoms with E-state index < -0.39 is 50.6 Å². The summed E-state index contributed by atoms with van der Waals surface area (Å²) in [7, 11) is -5.09. The molecule has 15 heteroatoms. The van der Waals surface area contributed by atoms with Crippen molar-refractivity contribution in [1.29, 1.82) is 0 Å². The summed E-state index contributed by atoms with van der Waals surface area (Å²) in [5, 5.41) is 7.05. The summed E-state index contributed by atoms with van der Waals surface area (Å²) in [6, 6.07) is 3.68. The van der Waals surface area contributed by atoms with E-state index >= 15 is 0 Å². The first kappa shape index (κ1) is 23.4. The third kappa shape index (κ3) is 4.65. The van der Waals surface area contributed by atoms with Crippen molar-refractivity contribution in [3.63, 3.8) is 0 Å². The molecule has 1 heterocycles. The van der Waals surface area contributed by atoms with Gasteiger partial charge < -0.3 is 4.74 Å². The second-order valence-electron chi connectivity index (χ2n) is 6.06. The molecule has 0 spiro atoms. The predicted octanol–water partition coefficient (Wildman–Crippen LogP) is 3.37. The van der Waals surface area contributed by atoms with Crippen LogP contribution in [0.4, 0.5) is 22.0 Å². The Kier molecular flexibility index (Phi) is 6.37. The number of sulfonamides is 1. The third-order valence-electron chi connectivity index (χ3n) is 3.94. The number of rotatable bonds is 6. The lowest BCUT2D eigenvalue weighted by atomic mass is 10.2. The number of hydrogen-bond acceptors (Lipinski definition) is 6. The van der Waals surface area contributed by atoms with Crippen LogP contribution in [0.5, 0.6) is 5.75 Å². The van der Waals surface area contributed by atoms with Crippen LogP contribution in [-0.2, 0) is 10.0 Å². The smallest absolute Gasteiger partial charge is 0.387 e. The minimum absolute atomic E-state index is 0.0535. The molecule has 0 saturated heterocycles. The van der Waals surface area contributed by atoms with Crippen molar-refractivity contribution in [3.8, 4) is 11.4 Å². The minimum Gasteiger partial charge on any atom is -0.435 e. The Morgan fingerprint density at radius 2 is 1.78 bits per heavy atom. The van der Waals surface area contributed by atoms with E-state index in [1.807, 2.05) is 0 Å². The zero-order valence-corrected chi connectivity index (χ0v) is 17.2. The van der Waals surface area contributed by atoms with Crippen molar-refractivity contribution in [2.24, 2.45) is 0 Å². The molecule has 1 aromatic heterocycles. The van der Waals surface area contributed by atoms with Gasteiger partial charge >= 0.3 is 6.61 Å². The number of amides is 1. The maximum absolute atomic E-state index is 13.8. The molecule has 0 bridgehead atoms. The molecular weight excluding hydrogens is 487 g/mol. The number of ether oxygens (including phenoxy) is 1. The third-order valence-corrected chi connectivity index (χ3v) is 5.63. The zero-order chi connectivity index (χ0) is 23.8. The molecule has 0 unspecified atom stereocenters. The van der Waals surface area contributed by atoms with Gasteiger partial charge in [0.1, 0.15) is 23.2 Å². The maximum Gasteiger partial charge on any atom is 0.387 e. The Hall–Kier alpha value is -3.26. The van der Waals surface area contributed by atoms with Crippen molar-refractivity contribution in [3.05, 3.63) is 64.2 Å². The first-order chi connectivity index (χ1) is 14.9. The molecule has 32 heavy (non-hydrogen) atoms. The van der Waals surface area contributed by atoms with Crippen molar-refractivity contribution < 1.29 is 39.9 Å². The summed E-state index contributed by atoms with van der Waals surface area (Å²) in [4.78, 5) is 10.8. The topological polar surface area (TPSA) is 103 Å². The molecule has 0 aliphatic carbocycles. The lowest BCUT2D eigenvalue weighted by Crippen LogP contribution is -2.32. The fraction of sp³-hybridized carbons (Fsp3) is 0.118. The number of alkyl halides is 2. The highest BCUT2D eigenvalue weighted by Crippen LogP contribution is 2.27. The van der Waals surface area contributed by atoms with E-state index in [-0.39, 0.29) is 34.3 Å². The fourth-order valence-corrected chi connectivity index (χ4v) is 3.94.